The van der Waals surface area contributed by atoms with Crippen molar-refractivity contribution < 1.29 is 19.4 Å². The largest absolute Gasteiger partial charge is 0.479 e. The van der Waals surface area contributed by atoms with Gasteiger partial charge in [0.05, 0.1) is 0 Å². The molecular formula is C15H25NO4. The molecule has 0 aromatic rings. The van der Waals surface area contributed by atoms with Gasteiger partial charge in [-0.3, -0.25) is 0 Å². The van der Waals surface area contributed by atoms with Crippen LogP contribution in [0.3, 0.4) is 0 Å². The van der Waals surface area contributed by atoms with Crippen LogP contribution in [0.25, 0.3) is 0 Å². The molecule has 1 atom stereocenters. The van der Waals surface area contributed by atoms with E-state index in [0.29, 0.717) is 19.5 Å². The van der Waals surface area contributed by atoms with E-state index >= 15 is 0 Å². The number of unbranched alkanes of at least 4 members (excludes halogenated alkanes) is 3. The molecule has 1 rings (SSSR count). The summed E-state index contributed by atoms with van der Waals surface area (Å²) in [7, 11) is 0. The van der Waals surface area contributed by atoms with Gasteiger partial charge in [-0.25, -0.2) is 9.59 Å². The fourth-order valence-corrected chi connectivity index (χ4v) is 2.30. The van der Waals surface area contributed by atoms with Crippen LogP contribution in [0, 0.1) is 0 Å². The van der Waals surface area contributed by atoms with E-state index in [2.05, 4.69) is 6.58 Å². The van der Waals surface area contributed by atoms with E-state index in [1.165, 1.54) is 0 Å². The Kier molecular flexibility index (Phi) is 7.77. The lowest BCUT2D eigenvalue weighted by Crippen LogP contribution is -2.39. The van der Waals surface area contributed by atoms with Gasteiger partial charge in [-0.05, 0) is 44.9 Å². The van der Waals surface area contributed by atoms with Crippen molar-refractivity contribution in [3.63, 3.8) is 0 Å². The first-order chi connectivity index (χ1) is 9.65. The Morgan fingerprint density at radius 2 is 1.90 bits per heavy atom. The SMILES string of the molecule is C=CCCCCCC(OC(=O)N1CCCCC1)C(=O)O. The number of carboxylic acids is 1. The third kappa shape index (κ3) is 6.08. The number of hydrogen-bond donors (Lipinski definition) is 1. The van der Waals surface area contributed by atoms with Gasteiger partial charge in [0.1, 0.15) is 0 Å². The molecule has 0 spiro atoms. The van der Waals surface area contributed by atoms with Crippen molar-refractivity contribution in [3.05, 3.63) is 12.7 Å². The first-order valence-electron chi connectivity index (χ1n) is 7.44. The Labute approximate surface area is 120 Å². The Morgan fingerprint density at radius 3 is 2.50 bits per heavy atom. The number of carbonyl (C=O) groups is 2. The van der Waals surface area contributed by atoms with Gasteiger partial charge in [0.25, 0.3) is 0 Å². The minimum Gasteiger partial charge on any atom is -0.479 e. The maximum Gasteiger partial charge on any atom is 0.410 e. The van der Waals surface area contributed by atoms with Crippen molar-refractivity contribution in [3.8, 4) is 0 Å². The Morgan fingerprint density at radius 1 is 1.20 bits per heavy atom. The van der Waals surface area contributed by atoms with Gasteiger partial charge in [-0.1, -0.05) is 12.5 Å². The summed E-state index contributed by atoms with van der Waals surface area (Å²) in [4.78, 5) is 24.6. The highest BCUT2D eigenvalue weighted by Crippen LogP contribution is 2.14. The van der Waals surface area contributed by atoms with Crippen molar-refractivity contribution in [1.29, 1.82) is 0 Å². The summed E-state index contributed by atoms with van der Waals surface area (Å²) in [6.45, 7) is 4.99. The fourth-order valence-electron chi connectivity index (χ4n) is 2.30. The number of nitrogens with zero attached hydrogens (tertiary/aromatic N) is 1. The Hall–Kier alpha value is -1.52. The number of aliphatic carboxylic acids is 1. The number of amides is 1. The summed E-state index contributed by atoms with van der Waals surface area (Å²) >= 11 is 0. The third-order valence-corrected chi connectivity index (χ3v) is 3.51. The van der Waals surface area contributed by atoms with Crippen LogP contribution in [0.15, 0.2) is 12.7 Å². The molecule has 1 aliphatic rings. The average molecular weight is 283 g/mol. The van der Waals surface area contributed by atoms with E-state index < -0.39 is 18.2 Å². The molecule has 1 aliphatic heterocycles. The summed E-state index contributed by atoms with van der Waals surface area (Å²) in [5.41, 5.74) is 0. The summed E-state index contributed by atoms with van der Waals surface area (Å²) in [5.74, 6) is -1.06. The van der Waals surface area contributed by atoms with E-state index in [9.17, 15) is 9.59 Å². The van der Waals surface area contributed by atoms with Gasteiger partial charge in [0, 0.05) is 13.1 Å². The van der Waals surface area contributed by atoms with Crippen LogP contribution in [0.4, 0.5) is 4.79 Å². The number of likely N-dealkylation sites (tertiary alicyclic amines) is 1. The minimum atomic E-state index is -1.06. The molecule has 1 fully saturated rings. The molecule has 1 unspecified atom stereocenters. The van der Waals surface area contributed by atoms with Gasteiger partial charge in [-0.2, -0.15) is 0 Å². The highest BCUT2D eigenvalue weighted by Gasteiger charge is 2.25. The molecule has 114 valence electrons. The second-order valence-electron chi connectivity index (χ2n) is 5.19. The molecule has 0 saturated carbocycles. The van der Waals surface area contributed by atoms with Gasteiger partial charge in [0.2, 0.25) is 6.10 Å². The smallest absolute Gasteiger partial charge is 0.410 e. The highest BCUT2D eigenvalue weighted by molar-refractivity contribution is 5.77. The minimum absolute atomic E-state index is 0.381. The molecule has 5 nitrogen and oxygen atoms in total. The number of ether oxygens (including phenoxy) is 1. The normalized spacial score (nSPS) is 16.5. The van der Waals surface area contributed by atoms with Gasteiger partial charge in [-0.15, -0.1) is 6.58 Å². The number of hydrogen-bond acceptors (Lipinski definition) is 3. The summed E-state index contributed by atoms with van der Waals surface area (Å²) < 4.78 is 5.13. The van der Waals surface area contributed by atoms with Crippen molar-refractivity contribution in [2.75, 3.05) is 13.1 Å². The number of rotatable bonds is 8. The van der Waals surface area contributed by atoms with E-state index in [4.69, 9.17) is 9.84 Å². The van der Waals surface area contributed by atoms with Crippen LogP contribution < -0.4 is 0 Å². The van der Waals surface area contributed by atoms with Crippen LogP contribution in [-0.2, 0) is 9.53 Å². The zero-order valence-electron chi connectivity index (χ0n) is 12.1. The van der Waals surface area contributed by atoms with Crippen LogP contribution >= 0.6 is 0 Å². The van der Waals surface area contributed by atoms with E-state index in [1.54, 1.807) is 4.90 Å². The predicted molar refractivity (Wildman–Crippen MR) is 76.6 cm³/mol. The molecule has 0 aromatic heterocycles. The molecule has 20 heavy (non-hydrogen) atoms. The lowest BCUT2D eigenvalue weighted by Gasteiger charge is -2.27. The van der Waals surface area contributed by atoms with E-state index in [-0.39, 0.29) is 0 Å². The maximum absolute atomic E-state index is 11.9. The van der Waals surface area contributed by atoms with E-state index in [1.807, 2.05) is 6.08 Å². The van der Waals surface area contributed by atoms with E-state index in [0.717, 1.165) is 44.9 Å². The molecular weight excluding hydrogens is 258 g/mol. The molecule has 0 aliphatic carbocycles. The number of carboxylic acid groups (broad SMARTS) is 1. The number of carbonyl (C=O) groups excluding carboxylic acids is 1. The second-order valence-corrected chi connectivity index (χ2v) is 5.19. The molecule has 0 aromatic carbocycles. The number of piperidine rings is 1. The quantitative estimate of drug-likeness (QED) is 0.548. The molecule has 1 N–H and O–H groups in total. The second kappa shape index (κ2) is 9.39. The third-order valence-electron chi connectivity index (χ3n) is 3.51. The first-order valence-corrected chi connectivity index (χ1v) is 7.44. The standard InChI is InChI=1S/C15H25NO4/c1-2-3-4-5-7-10-13(14(17)18)20-15(19)16-11-8-6-9-12-16/h2,13H,1,3-12H2,(H,17,18). The topological polar surface area (TPSA) is 66.8 Å². The van der Waals surface area contributed by atoms with Crippen LogP contribution in [-0.4, -0.2) is 41.3 Å². The summed E-state index contributed by atoms with van der Waals surface area (Å²) in [6, 6.07) is 0. The molecule has 1 saturated heterocycles. The number of allylic oxidation sites excluding steroid dienone is 1. The molecule has 0 radical (unpaired) electrons. The highest BCUT2D eigenvalue weighted by atomic mass is 16.6. The zero-order chi connectivity index (χ0) is 14.8. The molecule has 1 amide bonds. The Balaban J connectivity index is 2.31. The first kappa shape index (κ1) is 16.5. The lowest BCUT2D eigenvalue weighted by molar-refractivity contribution is -0.147. The maximum atomic E-state index is 11.9. The Bertz CT molecular complexity index is 324. The molecule has 5 heteroatoms. The zero-order valence-corrected chi connectivity index (χ0v) is 12.1. The van der Waals surface area contributed by atoms with Crippen molar-refractivity contribution >= 4 is 12.1 Å². The van der Waals surface area contributed by atoms with Crippen LogP contribution in [0.5, 0.6) is 0 Å². The predicted octanol–water partition coefficient (Wildman–Crippen LogP) is 3.20. The lowest BCUT2D eigenvalue weighted by atomic mass is 10.1. The molecule has 0 bridgehead atoms. The van der Waals surface area contributed by atoms with Crippen molar-refractivity contribution in [2.24, 2.45) is 0 Å². The van der Waals surface area contributed by atoms with Crippen LogP contribution in [0.1, 0.15) is 51.4 Å². The monoisotopic (exact) mass is 283 g/mol. The van der Waals surface area contributed by atoms with Crippen LogP contribution in [0.2, 0.25) is 0 Å². The van der Waals surface area contributed by atoms with Gasteiger partial charge >= 0.3 is 12.1 Å². The summed E-state index contributed by atoms with van der Waals surface area (Å²) in [5, 5.41) is 9.11. The van der Waals surface area contributed by atoms with Crippen molar-refractivity contribution in [1.82, 2.24) is 4.90 Å². The molecule has 1 heterocycles. The van der Waals surface area contributed by atoms with Crippen molar-refractivity contribution in [2.45, 2.75) is 57.5 Å². The summed E-state index contributed by atoms with van der Waals surface area (Å²) in [6.07, 6.45) is 7.39. The van der Waals surface area contributed by atoms with Gasteiger partial charge in [0.15, 0.2) is 0 Å². The van der Waals surface area contributed by atoms with Gasteiger partial charge < -0.3 is 14.7 Å². The average Bonchev–Trinajstić information content (AvgIpc) is 2.46. The fraction of sp³-hybridized carbons (Fsp3) is 0.733.